The smallest absolute Gasteiger partial charge is 0.416 e. The van der Waals surface area contributed by atoms with E-state index in [0.717, 1.165) is 57.8 Å². The molecule has 1 fully saturated rings. The number of benzene rings is 4. The minimum Gasteiger partial charge on any atom is -0.456 e. The number of amides is 2. The van der Waals surface area contributed by atoms with Crippen molar-refractivity contribution in [1.82, 2.24) is 19.1 Å². The van der Waals surface area contributed by atoms with Crippen LogP contribution in [0.25, 0.3) is 21.3 Å². The topological polar surface area (TPSA) is 213 Å². The standard InChI is InChI=1S/C27H18F4N4O3S.C17H15F2IN4O4/c28-19-7-6-17(12-21(19)33-23(36)11-14-2-1-3-16(10-14)27(29,30)31)38-22-9-8-20-24(18(22)13-32)39-26(34-20)35-25(37)15-4-5-15;1-23-15-12(16(27)24(7-21-15)5-9(26)6-25)14(13(19)17(23)28)22-11-3-2-8(20)4-10(11)18/h1-3,6-10,12,15H,4-5,11H2,(H,33,36)(H,34,35,37);2-4,7,9,22,25-26H,5-6H2,1H3/t;9-/m.1/s1. The Morgan fingerprint density at radius 2 is 1.76 bits per heavy atom. The highest BCUT2D eigenvalue weighted by molar-refractivity contribution is 14.1. The summed E-state index contributed by atoms with van der Waals surface area (Å²) in [4.78, 5) is 57.9. The van der Waals surface area contributed by atoms with Crippen molar-refractivity contribution in [1.29, 1.82) is 5.26 Å². The molecule has 2 amide bonds. The van der Waals surface area contributed by atoms with E-state index in [9.17, 15) is 55.9 Å². The number of hydrogen-bond donors (Lipinski definition) is 5. The van der Waals surface area contributed by atoms with Crippen LogP contribution < -0.4 is 31.8 Å². The number of carbonyl (C=O) groups excluding carboxylic acids is 2. The van der Waals surface area contributed by atoms with Crippen LogP contribution in [0.15, 0.2) is 88.7 Å². The Bertz CT molecular complexity index is 3240. The second kappa shape index (κ2) is 19.9. The number of aliphatic hydroxyl groups is 2. The van der Waals surface area contributed by atoms with E-state index in [0.29, 0.717) is 18.9 Å². The van der Waals surface area contributed by atoms with Gasteiger partial charge in [-0.2, -0.15) is 22.8 Å². The molecule has 0 aliphatic heterocycles. The SMILES string of the molecule is Cn1c(=O)c(F)c(Nc2ccc(I)cc2F)c2c(=O)n(C[C@@H](O)CO)cnc21.N#Cc1c(Oc2ccc(F)c(NC(=O)Cc3cccc(C(F)(F)F)c3)c2)ccc2nc(NC(=O)C3CC3)sc12. The molecule has 67 heavy (non-hydrogen) atoms. The molecular formula is C44H33F6IN8O7S. The lowest BCUT2D eigenvalue weighted by Crippen LogP contribution is -2.32. The van der Waals surface area contributed by atoms with Gasteiger partial charge in [-0.25, -0.2) is 18.7 Å². The van der Waals surface area contributed by atoms with Gasteiger partial charge in [-0.15, -0.1) is 0 Å². The lowest BCUT2D eigenvalue weighted by molar-refractivity contribution is -0.137. The summed E-state index contributed by atoms with van der Waals surface area (Å²) in [6.07, 6.45) is -3.45. The van der Waals surface area contributed by atoms with Crippen molar-refractivity contribution in [2.75, 3.05) is 22.6 Å². The summed E-state index contributed by atoms with van der Waals surface area (Å²) in [7, 11) is 1.25. The van der Waals surface area contributed by atoms with Crippen molar-refractivity contribution in [2.24, 2.45) is 13.0 Å². The number of aryl methyl sites for hydroxylation is 1. The number of alkyl halides is 3. The van der Waals surface area contributed by atoms with Crippen molar-refractivity contribution in [2.45, 2.75) is 38.1 Å². The van der Waals surface area contributed by atoms with Gasteiger partial charge in [0.25, 0.3) is 11.1 Å². The molecule has 0 radical (unpaired) electrons. The number of fused-ring (bicyclic) bond motifs is 2. The molecule has 7 aromatic rings. The second-order valence-electron chi connectivity index (χ2n) is 14.9. The number of pyridine rings is 1. The largest absolute Gasteiger partial charge is 0.456 e. The van der Waals surface area contributed by atoms with Gasteiger partial charge in [0.05, 0.1) is 58.5 Å². The Labute approximate surface area is 391 Å². The Morgan fingerprint density at radius 3 is 2.45 bits per heavy atom. The first-order valence-electron chi connectivity index (χ1n) is 19.7. The number of anilines is 4. The van der Waals surface area contributed by atoms with Crippen LogP contribution in [0.2, 0.25) is 0 Å². The highest BCUT2D eigenvalue weighted by Crippen LogP contribution is 2.38. The minimum absolute atomic E-state index is 0.00967. The predicted octanol–water partition coefficient (Wildman–Crippen LogP) is 7.72. The van der Waals surface area contributed by atoms with Crippen LogP contribution in [-0.2, 0) is 35.8 Å². The van der Waals surface area contributed by atoms with Gasteiger partial charge in [-0.1, -0.05) is 29.5 Å². The third kappa shape index (κ3) is 11.1. The van der Waals surface area contributed by atoms with Crippen LogP contribution in [0.1, 0.15) is 29.5 Å². The van der Waals surface area contributed by atoms with E-state index < -0.39 is 71.0 Å². The third-order valence-electron chi connectivity index (χ3n) is 9.97. The van der Waals surface area contributed by atoms with Gasteiger partial charge < -0.3 is 30.9 Å². The van der Waals surface area contributed by atoms with Gasteiger partial charge in [0, 0.05) is 22.6 Å². The van der Waals surface area contributed by atoms with Crippen LogP contribution in [-0.4, -0.2) is 53.8 Å². The molecule has 346 valence electrons. The lowest BCUT2D eigenvalue weighted by Gasteiger charge is -2.15. The van der Waals surface area contributed by atoms with Crippen molar-refractivity contribution in [3.8, 4) is 17.6 Å². The number of nitrogens with zero attached hydrogens (tertiary/aromatic N) is 5. The van der Waals surface area contributed by atoms with Crippen LogP contribution in [0.5, 0.6) is 11.5 Å². The molecule has 0 bridgehead atoms. The molecule has 3 aromatic heterocycles. The molecule has 1 aliphatic carbocycles. The zero-order valence-electron chi connectivity index (χ0n) is 34.4. The molecule has 8 rings (SSSR count). The van der Waals surface area contributed by atoms with Crippen LogP contribution in [0.3, 0.4) is 0 Å². The van der Waals surface area contributed by atoms with Crippen molar-refractivity contribution >= 4 is 89.2 Å². The first-order chi connectivity index (χ1) is 31.8. The molecule has 0 saturated heterocycles. The monoisotopic (exact) mass is 1060 g/mol. The fourth-order valence-electron chi connectivity index (χ4n) is 6.47. The second-order valence-corrected chi connectivity index (χ2v) is 17.1. The van der Waals surface area contributed by atoms with Crippen LogP contribution in [0, 0.1) is 38.3 Å². The zero-order valence-corrected chi connectivity index (χ0v) is 37.4. The molecule has 1 aliphatic rings. The Kier molecular flexibility index (Phi) is 14.3. The average Bonchev–Trinajstić information content (AvgIpc) is 4.07. The summed E-state index contributed by atoms with van der Waals surface area (Å²) in [5, 5.41) is 36.0. The number of halogens is 7. The summed E-state index contributed by atoms with van der Waals surface area (Å²) in [5.74, 6) is -3.34. The van der Waals surface area contributed by atoms with Crippen molar-refractivity contribution in [3.63, 3.8) is 0 Å². The summed E-state index contributed by atoms with van der Waals surface area (Å²) >= 11 is 3.04. The van der Waals surface area contributed by atoms with E-state index >= 15 is 0 Å². The van der Waals surface area contributed by atoms with Crippen molar-refractivity contribution in [3.05, 3.63) is 138 Å². The van der Waals surface area contributed by atoms with E-state index in [1.54, 1.807) is 12.1 Å². The number of nitriles is 1. The van der Waals surface area contributed by atoms with Gasteiger partial charge in [0.1, 0.15) is 46.5 Å². The third-order valence-corrected chi connectivity index (χ3v) is 11.6. The molecule has 1 saturated carbocycles. The molecule has 0 spiro atoms. The predicted molar refractivity (Wildman–Crippen MR) is 243 cm³/mol. The van der Waals surface area contributed by atoms with E-state index in [2.05, 4.69) is 32.0 Å². The van der Waals surface area contributed by atoms with Gasteiger partial charge in [-0.3, -0.25) is 28.3 Å². The molecule has 23 heteroatoms. The Hall–Kier alpha value is -6.88. The highest BCUT2D eigenvalue weighted by atomic mass is 127. The maximum Gasteiger partial charge on any atom is 0.416 e. The summed E-state index contributed by atoms with van der Waals surface area (Å²) in [5.41, 5.74) is -2.92. The normalized spacial score (nSPS) is 12.8. The maximum atomic E-state index is 14.7. The minimum atomic E-state index is -4.55. The molecule has 1 atom stereocenters. The number of carbonyl (C=O) groups is 2. The Morgan fingerprint density at radius 1 is 1.00 bits per heavy atom. The first-order valence-corrected chi connectivity index (χ1v) is 21.6. The number of aliphatic hydroxyl groups excluding tert-OH is 2. The Balaban J connectivity index is 0.000000210. The average molecular weight is 1060 g/mol. The quantitative estimate of drug-likeness (QED) is 0.0590. The van der Waals surface area contributed by atoms with Gasteiger partial charge in [0.2, 0.25) is 17.6 Å². The first kappa shape index (κ1) is 48.1. The molecule has 15 nitrogen and oxygen atoms in total. The van der Waals surface area contributed by atoms with Crippen molar-refractivity contribution < 1.29 is 50.9 Å². The van der Waals surface area contributed by atoms with Gasteiger partial charge in [0.15, 0.2) is 10.8 Å². The summed E-state index contributed by atoms with van der Waals surface area (Å²) in [6, 6.07) is 17.2. The molecule has 5 N–H and O–H groups in total. The molecular weight excluding hydrogens is 1030 g/mol. The number of ether oxygens (including phenoxy) is 1. The number of rotatable bonds is 12. The van der Waals surface area contributed by atoms with Gasteiger partial charge >= 0.3 is 6.18 Å². The van der Waals surface area contributed by atoms with E-state index in [-0.39, 0.29) is 63.4 Å². The zero-order chi connectivity index (χ0) is 48.3. The molecule has 3 heterocycles. The van der Waals surface area contributed by atoms with E-state index in [1.165, 1.54) is 49.5 Å². The van der Waals surface area contributed by atoms with Gasteiger partial charge in [-0.05, 0) is 89.5 Å². The van der Waals surface area contributed by atoms with E-state index in [1.807, 2.05) is 22.6 Å². The molecule has 4 aromatic carbocycles. The fourth-order valence-corrected chi connectivity index (χ4v) is 7.88. The highest BCUT2D eigenvalue weighted by Gasteiger charge is 2.31. The molecule has 0 unspecified atom stereocenters. The number of thiazole rings is 1. The number of nitrogens with one attached hydrogen (secondary N) is 3. The summed E-state index contributed by atoms with van der Waals surface area (Å²) < 4.78 is 91.0. The van der Waals surface area contributed by atoms with Crippen LogP contribution >= 0.6 is 33.9 Å². The lowest BCUT2D eigenvalue weighted by atomic mass is 10.1. The maximum absolute atomic E-state index is 14.7. The number of hydrogen-bond acceptors (Lipinski definition) is 12. The fraction of sp³-hybridized carbons (Fsp3) is 0.205. The summed E-state index contributed by atoms with van der Waals surface area (Å²) in [6.45, 7) is -0.884. The number of aromatic nitrogens is 4. The van der Waals surface area contributed by atoms with E-state index in [4.69, 9.17) is 9.84 Å². The van der Waals surface area contributed by atoms with Crippen LogP contribution in [0.4, 0.5) is 48.5 Å².